The van der Waals surface area contributed by atoms with Crippen molar-refractivity contribution in [2.24, 2.45) is 0 Å². The number of nitrogens with one attached hydrogen (secondary N) is 1. The van der Waals surface area contributed by atoms with E-state index in [4.69, 9.17) is 9.26 Å². The van der Waals surface area contributed by atoms with E-state index in [0.717, 1.165) is 25.4 Å². The number of aromatic nitrogens is 2. The van der Waals surface area contributed by atoms with E-state index in [1.807, 2.05) is 6.92 Å². The average Bonchev–Trinajstić information content (AvgIpc) is 3.05. The number of aryl methyl sites for hydroxylation is 1. The summed E-state index contributed by atoms with van der Waals surface area (Å²) in [5.41, 5.74) is 2.36. The second-order valence-corrected chi connectivity index (χ2v) is 7.15. The molecule has 2 unspecified atom stereocenters. The topological polar surface area (TPSA) is 63.4 Å². The normalized spacial score (nSPS) is 20.0. The van der Waals surface area contributed by atoms with E-state index in [1.54, 1.807) is 0 Å². The van der Waals surface area contributed by atoms with E-state index in [9.17, 15) is 0 Å². The summed E-state index contributed by atoms with van der Waals surface area (Å²) >= 11 is 0. The maximum atomic E-state index is 6.18. The molecule has 3 rings (SSSR count). The molecule has 1 aliphatic heterocycles. The minimum absolute atomic E-state index is 0.142. The smallest absolute Gasteiger partial charge is 0.267 e. The molecule has 1 aromatic carbocycles. The van der Waals surface area contributed by atoms with Crippen molar-refractivity contribution in [3.63, 3.8) is 0 Å². The van der Waals surface area contributed by atoms with Crippen molar-refractivity contribution in [1.29, 1.82) is 0 Å². The fourth-order valence-corrected chi connectivity index (χ4v) is 3.10. The summed E-state index contributed by atoms with van der Waals surface area (Å²) in [6, 6.07) is 6.46. The van der Waals surface area contributed by atoms with Crippen LogP contribution >= 0.6 is 0 Å². The van der Waals surface area contributed by atoms with Crippen molar-refractivity contribution in [1.82, 2.24) is 20.4 Å². The van der Waals surface area contributed by atoms with Gasteiger partial charge in [-0.3, -0.25) is 4.90 Å². The van der Waals surface area contributed by atoms with E-state index in [2.05, 4.69) is 66.4 Å². The van der Waals surface area contributed by atoms with Crippen LogP contribution in [0.5, 0.6) is 5.75 Å². The zero-order valence-corrected chi connectivity index (χ0v) is 15.7. The summed E-state index contributed by atoms with van der Waals surface area (Å²) < 4.78 is 11.7. The Morgan fingerprint density at radius 1 is 1.32 bits per heavy atom. The maximum absolute atomic E-state index is 6.18. The lowest BCUT2D eigenvalue weighted by Crippen LogP contribution is -2.44. The molecule has 136 valence electrons. The number of benzene rings is 1. The highest BCUT2D eigenvalue weighted by molar-refractivity contribution is 5.39. The Balaban J connectivity index is 1.76. The molecule has 0 amide bonds. The van der Waals surface area contributed by atoms with Gasteiger partial charge in [-0.25, -0.2) is 0 Å². The zero-order valence-electron chi connectivity index (χ0n) is 15.7. The standard InChI is InChI=1S/C19H28N4O2/c1-12(2)15-7-6-13(3)10-17(15)24-14(4)19-21-18(22-25-19)16-11-20-8-9-23(16)5/h6-7,10,12,14,16,20H,8-9,11H2,1-5H3. The van der Waals surface area contributed by atoms with Crippen molar-refractivity contribution < 1.29 is 9.26 Å². The number of hydrogen-bond acceptors (Lipinski definition) is 6. The van der Waals surface area contributed by atoms with Gasteiger partial charge in [-0.05, 0) is 44.0 Å². The molecule has 2 heterocycles. The van der Waals surface area contributed by atoms with Gasteiger partial charge in [-0.1, -0.05) is 31.1 Å². The van der Waals surface area contributed by atoms with Crippen LogP contribution in [-0.4, -0.2) is 41.7 Å². The molecule has 2 atom stereocenters. The summed E-state index contributed by atoms with van der Waals surface area (Å²) in [6.07, 6.45) is -0.289. The molecule has 0 bridgehead atoms. The van der Waals surface area contributed by atoms with E-state index in [0.29, 0.717) is 17.6 Å². The van der Waals surface area contributed by atoms with Gasteiger partial charge in [0.1, 0.15) is 5.75 Å². The van der Waals surface area contributed by atoms with Crippen LogP contribution in [0.1, 0.15) is 61.7 Å². The van der Waals surface area contributed by atoms with Gasteiger partial charge >= 0.3 is 0 Å². The van der Waals surface area contributed by atoms with E-state index >= 15 is 0 Å². The number of nitrogens with zero attached hydrogens (tertiary/aromatic N) is 3. The lowest BCUT2D eigenvalue weighted by atomic mass is 10.0. The third-order valence-corrected chi connectivity index (χ3v) is 4.71. The molecule has 0 aliphatic carbocycles. The van der Waals surface area contributed by atoms with Crippen molar-refractivity contribution in [3.05, 3.63) is 41.0 Å². The monoisotopic (exact) mass is 344 g/mol. The number of piperazine rings is 1. The number of likely N-dealkylation sites (N-methyl/N-ethyl adjacent to an activating group) is 1. The van der Waals surface area contributed by atoms with Gasteiger partial charge in [0.2, 0.25) is 0 Å². The summed E-state index contributed by atoms with van der Waals surface area (Å²) in [5.74, 6) is 2.51. The highest BCUT2D eigenvalue weighted by Crippen LogP contribution is 2.31. The minimum Gasteiger partial charge on any atom is -0.481 e. The Morgan fingerprint density at radius 3 is 2.84 bits per heavy atom. The van der Waals surface area contributed by atoms with Crippen molar-refractivity contribution in [2.75, 3.05) is 26.7 Å². The highest BCUT2D eigenvalue weighted by Gasteiger charge is 2.27. The lowest BCUT2D eigenvalue weighted by Gasteiger charge is -2.30. The first-order valence-electron chi connectivity index (χ1n) is 8.97. The van der Waals surface area contributed by atoms with Gasteiger partial charge in [-0.15, -0.1) is 0 Å². The van der Waals surface area contributed by atoms with Crippen molar-refractivity contribution in [2.45, 2.75) is 45.8 Å². The Bertz CT molecular complexity index is 713. The molecular formula is C19H28N4O2. The second kappa shape index (κ2) is 7.54. The third kappa shape index (κ3) is 4.02. The van der Waals surface area contributed by atoms with Gasteiger partial charge in [-0.2, -0.15) is 4.98 Å². The first-order valence-corrected chi connectivity index (χ1v) is 8.97. The predicted molar refractivity (Wildman–Crippen MR) is 96.8 cm³/mol. The Kier molecular flexibility index (Phi) is 5.39. The van der Waals surface area contributed by atoms with Gasteiger partial charge in [0.25, 0.3) is 5.89 Å². The molecule has 6 nitrogen and oxygen atoms in total. The summed E-state index contributed by atoms with van der Waals surface area (Å²) in [6.45, 7) is 11.1. The molecule has 1 fully saturated rings. The third-order valence-electron chi connectivity index (χ3n) is 4.71. The van der Waals surface area contributed by atoms with Crippen LogP contribution in [0.25, 0.3) is 0 Å². The Hall–Kier alpha value is -1.92. The van der Waals surface area contributed by atoms with Crippen molar-refractivity contribution >= 4 is 0 Å². The van der Waals surface area contributed by atoms with Crippen LogP contribution in [0, 0.1) is 6.92 Å². The maximum Gasteiger partial charge on any atom is 0.267 e. The lowest BCUT2D eigenvalue weighted by molar-refractivity contribution is 0.171. The number of ether oxygens (including phenoxy) is 1. The molecule has 1 N–H and O–H groups in total. The van der Waals surface area contributed by atoms with Crippen LogP contribution in [0.3, 0.4) is 0 Å². The van der Waals surface area contributed by atoms with Crippen LogP contribution in [0.15, 0.2) is 22.7 Å². The fourth-order valence-electron chi connectivity index (χ4n) is 3.10. The molecular weight excluding hydrogens is 316 g/mol. The molecule has 0 saturated carbocycles. The molecule has 0 radical (unpaired) electrons. The SMILES string of the molecule is Cc1ccc(C(C)C)c(OC(C)c2nc(C3CNCCN3C)no2)c1. The molecule has 6 heteroatoms. The Labute approximate surface area is 149 Å². The Morgan fingerprint density at radius 2 is 2.12 bits per heavy atom. The summed E-state index contributed by atoms with van der Waals surface area (Å²) in [7, 11) is 2.09. The molecule has 2 aromatic rings. The predicted octanol–water partition coefficient (Wildman–Crippen LogP) is 3.22. The van der Waals surface area contributed by atoms with Crippen molar-refractivity contribution in [3.8, 4) is 5.75 Å². The molecule has 25 heavy (non-hydrogen) atoms. The van der Waals surface area contributed by atoms with E-state index in [1.165, 1.54) is 11.1 Å². The first-order chi connectivity index (χ1) is 12.0. The molecule has 1 saturated heterocycles. The fraction of sp³-hybridized carbons (Fsp3) is 0.579. The molecule has 1 aliphatic rings. The van der Waals surface area contributed by atoms with Crippen LogP contribution in [0.2, 0.25) is 0 Å². The zero-order chi connectivity index (χ0) is 18.0. The van der Waals surface area contributed by atoms with E-state index < -0.39 is 0 Å². The van der Waals surface area contributed by atoms with E-state index in [-0.39, 0.29) is 12.1 Å². The largest absolute Gasteiger partial charge is 0.481 e. The van der Waals surface area contributed by atoms with Crippen LogP contribution in [-0.2, 0) is 0 Å². The summed E-state index contributed by atoms with van der Waals surface area (Å²) in [4.78, 5) is 6.84. The van der Waals surface area contributed by atoms with Gasteiger partial charge < -0.3 is 14.6 Å². The van der Waals surface area contributed by atoms with Gasteiger partial charge in [0.15, 0.2) is 11.9 Å². The van der Waals surface area contributed by atoms with Gasteiger partial charge in [0.05, 0.1) is 6.04 Å². The van der Waals surface area contributed by atoms with Crippen LogP contribution < -0.4 is 10.1 Å². The number of rotatable bonds is 5. The average molecular weight is 344 g/mol. The van der Waals surface area contributed by atoms with Crippen LogP contribution in [0.4, 0.5) is 0 Å². The van der Waals surface area contributed by atoms with Gasteiger partial charge in [0, 0.05) is 19.6 Å². The summed E-state index contributed by atoms with van der Waals surface area (Å²) in [5, 5.41) is 7.55. The first kappa shape index (κ1) is 17.9. The minimum atomic E-state index is -0.289. The number of hydrogen-bond donors (Lipinski definition) is 1. The molecule has 1 aromatic heterocycles. The quantitative estimate of drug-likeness (QED) is 0.898. The second-order valence-electron chi connectivity index (χ2n) is 7.15. The molecule has 0 spiro atoms. The highest BCUT2D eigenvalue weighted by atomic mass is 16.5.